The van der Waals surface area contributed by atoms with Crippen molar-refractivity contribution in [2.24, 2.45) is 5.73 Å². The van der Waals surface area contributed by atoms with Crippen molar-refractivity contribution >= 4 is 90.4 Å². The van der Waals surface area contributed by atoms with Crippen molar-refractivity contribution in [3.05, 3.63) is 24.8 Å². The van der Waals surface area contributed by atoms with E-state index in [1.54, 1.807) is 0 Å². The van der Waals surface area contributed by atoms with Crippen molar-refractivity contribution in [2.45, 2.75) is 39.3 Å². The lowest BCUT2D eigenvalue weighted by atomic mass is 9.95. The van der Waals surface area contributed by atoms with Gasteiger partial charge in [0.05, 0.1) is 13.2 Å². The average Bonchev–Trinajstić information content (AvgIpc) is 2.40. The van der Waals surface area contributed by atoms with Gasteiger partial charge in [0.1, 0.15) is 11.9 Å². The molecular weight excluding hydrogens is 722 g/mol. The molecule has 1 aliphatic rings. The van der Waals surface area contributed by atoms with Gasteiger partial charge in [-0.2, -0.15) is 0 Å². The Balaban J connectivity index is 2.13. The number of benzene rings is 1. The zero-order valence-electron chi connectivity index (χ0n) is 11.2. The summed E-state index contributed by atoms with van der Waals surface area (Å²) in [4.78, 5) is 0. The van der Waals surface area contributed by atoms with Crippen LogP contribution in [0.1, 0.15) is 18.4 Å². The molecule has 0 amide bonds. The monoisotopic (exact) mass is 739 g/mol. The van der Waals surface area contributed by atoms with Gasteiger partial charge in [-0.1, -0.05) is 45.2 Å². The highest BCUT2D eigenvalue weighted by Gasteiger charge is 2.35. The third kappa shape index (κ3) is 5.16. The molecule has 7 heteroatoms. The van der Waals surface area contributed by atoms with Crippen molar-refractivity contribution in [3.63, 3.8) is 0 Å². The zero-order valence-corrected chi connectivity index (χ0v) is 19.9. The van der Waals surface area contributed by atoms with E-state index < -0.39 is 0 Å². The fraction of sp³-hybridized carbons (Fsp3) is 0.571. The Hall–Kier alpha value is 1.86. The molecule has 3 nitrogen and oxygen atoms in total. The molecule has 1 aromatic rings. The number of rotatable bonds is 4. The lowest BCUT2D eigenvalue weighted by Crippen LogP contribution is -2.42. The normalized spacial score (nSPS) is 29.4. The highest BCUT2D eigenvalue weighted by molar-refractivity contribution is 14.1. The van der Waals surface area contributed by atoms with Gasteiger partial charge in [-0.3, -0.25) is 0 Å². The second-order valence-corrected chi connectivity index (χ2v) is 10.7. The quantitative estimate of drug-likeness (QED) is 0.365. The number of hydrogen-bond donors (Lipinski definition) is 2. The SMILES string of the molecule is NCCc1cc(I)c(OC2CC(I)C(O)C(I)C2)c(I)c1. The van der Waals surface area contributed by atoms with Crippen LogP contribution in [-0.2, 0) is 6.42 Å². The maximum absolute atomic E-state index is 10.0. The second kappa shape index (κ2) is 8.81. The van der Waals surface area contributed by atoms with Crippen LogP contribution in [0.15, 0.2) is 12.1 Å². The highest BCUT2D eigenvalue weighted by atomic mass is 127. The number of hydrogen-bond acceptors (Lipinski definition) is 3. The second-order valence-electron chi connectivity index (χ2n) is 5.16. The van der Waals surface area contributed by atoms with E-state index in [0.29, 0.717) is 6.54 Å². The summed E-state index contributed by atoms with van der Waals surface area (Å²) in [6.07, 6.45) is 2.65. The molecule has 1 fully saturated rings. The van der Waals surface area contributed by atoms with E-state index >= 15 is 0 Å². The van der Waals surface area contributed by atoms with Gasteiger partial charge in [0.2, 0.25) is 0 Å². The van der Waals surface area contributed by atoms with E-state index in [2.05, 4.69) is 102 Å². The summed E-state index contributed by atoms with van der Waals surface area (Å²) < 4.78 is 9.08. The standard InChI is InChI=1S/C14H17I4NO2/c15-9-5-8(6-10(16)13(9)20)21-14-11(17)3-7(1-2-19)4-12(14)18/h3-4,8-10,13,20H,1-2,5-6,19H2. The molecular formula is C14H17I4NO2. The predicted molar refractivity (Wildman–Crippen MR) is 120 cm³/mol. The van der Waals surface area contributed by atoms with Crippen LogP contribution < -0.4 is 10.5 Å². The molecule has 3 N–H and O–H groups in total. The minimum absolute atomic E-state index is 0.180. The molecule has 0 aromatic heterocycles. The predicted octanol–water partition coefficient (Wildman–Crippen LogP) is 3.91. The van der Waals surface area contributed by atoms with Crippen LogP contribution in [0.5, 0.6) is 5.75 Å². The first-order valence-electron chi connectivity index (χ1n) is 6.73. The molecule has 21 heavy (non-hydrogen) atoms. The summed E-state index contributed by atoms with van der Waals surface area (Å²) in [5, 5.41) is 10.0. The van der Waals surface area contributed by atoms with Crippen LogP contribution in [0.2, 0.25) is 0 Å². The Morgan fingerprint density at radius 1 is 1.14 bits per heavy atom. The Labute approximate surface area is 180 Å². The minimum Gasteiger partial charge on any atom is -0.488 e. The maximum atomic E-state index is 10.0. The summed E-state index contributed by atoms with van der Waals surface area (Å²) in [6.45, 7) is 0.667. The number of ether oxygens (including phenoxy) is 1. The molecule has 1 aliphatic carbocycles. The highest BCUT2D eigenvalue weighted by Crippen LogP contribution is 2.36. The van der Waals surface area contributed by atoms with Crippen molar-refractivity contribution in [3.8, 4) is 5.75 Å². The average molecular weight is 739 g/mol. The van der Waals surface area contributed by atoms with Crippen LogP contribution in [0, 0.1) is 7.14 Å². The molecule has 0 radical (unpaired) electrons. The van der Waals surface area contributed by atoms with E-state index in [-0.39, 0.29) is 20.1 Å². The fourth-order valence-corrected chi connectivity index (χ4v) is 7.49. The third-order valence-electron chi connectivity index (χ3n) is 3.49. The number of alkyl halides is 2. The first-order valence-corrected chi connectivity index (χ1v) is 11.4. The largest absolute Gasteiger partial charge is 0.488 e. The molecule has 2 unspecified atom stereocenters. The molecule has 2 atom stereocenters. The van der Waals surface area contributed by atoms with Crippen LogP contribution in [0.3, 0.4) is 0 Å². The van der Waals surface area contributed by atoms with E-state index in [1.807, 2.05) is 0 Å². The molecule has 0 spiro atoms. The lowest BCUT2D eigenvalue weighted by Gasteiger charge is -2.34. The van der Waals surface area contributed by atoms with Gasteiger partial charge >= 0.3 is 0 Å². The maximum Gasteiger partial charge on any atom is 0.146 e. The van der Waals surface area contributed by atoms with Gasteiger partial charge in [-0.05, 0) is 88.7 Å². The molecule has 1 aromatic carbocycles. The minimum atomic E-state index is -0.226. The van der Waals surface area contributed by atoms with Gasteiger partial charge in [0.25, 0.3) is 0 Å². The van der Waals surface area contributed by atoms with Crippen molar-refractivity contribution < 1.29 is 9.84 Å². The summed E-state index contributed by atoms with van der Waals surface area (Å²) >= 11 is 9.35. The number of aliphatic hydroxyl groups is 1. The Kier molecular flexibility index (Phi) is 8.05. The summed E-state index contributed by atoms with van der Waals surface area (Å²) in [5.41, 5.74) is 6.89. The molecule has 118 valence electrons. The molecule has 0 aliphatic heterocycles. The third-order valence-corrected chi connectivity index (χ3v) is 7.59. The molecule has 1 saturated carbocycles. The van der Waals surface area contributed by atoms with Crippen molar-refractivity contribution in [1.82, 2.24) is 0 Å². The van der Waals surface area contributed by atoms with E-state index in [1.165, 1.54) is 5.56 Å². The summed E-state index contributed by atoms with van der Waals surface area (Å²) in [7, 11) is 0. The van der Waals surface area contributed by atoms with Gasteiger partial charge in [0, 0.05) is 7.85 Å². The van der Waals surface area contributed by atoms with Gasteiger partial charge in [0.15, 0.2) is 0 Å². The molecule has 0 bridgehead atoms. The topological polar surface area (TPSA) is 55.5 Å². The number of aliphatic hydroxyl groups excluding tert-OH is 1. The first-order chi connectivity index (χ1) is 9.92. The van der Waals surface area contributed by atoms with Crippen LogP contribution in [0.4, 0.5) is 0 Å². The van der Waals surface area contributed by atoms with Gasteiger partial charge in [-0.15, -0.1) is 0 Å². The Bertz CT molecular complexity index is 465. The fourth-order valence-electron chi connectivity index (χ4n) is 2.40. The lowest BCUT2D eigenvalue weighted by molar-refractivity contribution is 0.0856. The van der Waals surface area contributed by atoms with Gasteiger partial charge in [-0.25, -0.2) is 0 Å². The van der Waals surface area contributed by atoms with E-state index in [0.717, 1.165) is 32.2 Å². The first kappa shape index (κ1) is 19.2. The summed E-state index contributed by atoms with van der Waals surface area (Å²) in [6, 6.07) is 4.32. The van der Waals surface area contributed by atoms with Crippen LogP contribution in [-0.4, -0.2) is 31.7 Å². The smallest absolute Gasteiger partial charge is 0.146 e. The Morgan fingerprint density at radius 3 is 2.14 bits per heavy atom. The van der Waals surface area contributed by atoms with Crippen molar-refractivity contribution in [2.75, 3.05) is 6.54 Å². The van der Waals surface area contributed by atoms with Crippen molar-refractivity contribution in [1.29, 1.82) is 0 Å². The number of halogens is 4. The van der Waals surface area contributed by atoms with Gasteiger partial charge < -0.3 is 15.6 Å². The number of nitrogens with two attached hydrogens (primary N) is 1. The molecule has 0 saturated heterocycles. The van der Waals surface area contributed by atoms with E-state index in [9.17, 15) is 5.11 Å². The zero-order chi connectivity index (χ0) is 15.6. The summed E-state index contributed by atoms with van der Waals surface area (Å²) in [5.74, 6) is 0.977. The molecule has 0 heterocycles. The molecule has 2 rings (SSSR count). The Morgan fingerprint density at radius 2 is 1.67 bits per heavy atom. The van der Waals surface area contributed by atoms with Crippen LogP contribution >= 0.6 is 90.4 Å². The van der Waals surface area contributed by atoms with Crippen LogP contribution in [0.25, 0.3) is 0 Å². The van der Waals surface area contributed by atoms with E-state index in [4.69, 9.17) is 10.5 Å².